The van der Waals surface area contributed by atoms with E-state index in [4.69, 9.17) is 23.2 Å². The first-order valence-electron chi connectivity index (χ1n) is 11.8. The van der Waals surface area contributed by atoms with Crippen molar-refractivity contribution in [3.63, 3.8) is 0 Å². The van der Waals surface area contributed by atoms with Crippen molar-refractivity contribution in [3.8, 4) is 6.07 Å². The fourth-order valence-electron chi connectivity index (χ4n) is 4.71. The van der Waals surface area contributed by atoms with Gasteiger partial charge in [0.1, 0.15) is 6.33 Å². The molecule has 2 aromatic carbocycles. The van der Waals surface area contributed by atoms with Gasteiger partial charge in [-0.25, -0.2) is 9.97 Å². The van der Waals surface area contributed by atoms with E-state index in [2.05, 4.69) is 28.3 Å². The molecule has 4 rings (SSSR count). The highest BCUT2D eigenvalue weighted by Crippen LogP contribution is 2.39. The maximum Gasteiger partial charge on any atom is 0.353 e. The first kappa shape index (κ1) is 25.7. The number of hydrogen-bond acceptors (Lipinski definition) is 7. The third-order valence-corrected chi connectivity index (χ3v) is 7.18. The lowest BCUT2D eigenvalue weighted by atomic mass is 9.91. The predicted octanol–water partition coefficient (Wildman–Crippen LogP) is 7.17. The summed E-state index contributed by atoms with van der Waals surface area (Å²) in [7, 11) is 0. The third kappa shape index (κ3) is 5.23. The minimum Gasteiger partial charge on any atom is -0.348 e. The van der Waals surface area contributed by atoms with Gasteiger partial charge in [0.05, 0.1) is 16.9 Å². The summed E-state index contributed by atoms with van der Waals surface area (Å²) in [6.07, 6.45) is 5.27. The van der Waals surface area contributed by atoms with Crippen LogP contribution in [0, 0.1) is 28.4 Å². The summed E-state index contributed by atoms with van der Waals surface area (Å²) >= 11 is 12.6. The van der Waals surface area contributed by atoms with E-state index in [0.29, 0.717) is 27.1 Å². The number of halogens is 2. The van der Waals surface area contributed by atoms with Gasteiger partial charge in [0.25, 0.3) is 0 Å². The zero-order valence-corrected chi connectivity index (χ0v) is 21.6. The van der Waals surface area contributed by atoms with Gasteiger partial charge in [0, 0.05) is 28.3 Å². The highest BCUT2D eigenvalue weighted by molar-refractivity contribution is 6.32. The SMILES string of the molecule is CCC1CCCCN1c1ncnc(Nc2cc(Cl)c(C(C#N)c3ccc(Cl)cc3)cc2C)c1[N+](=O)[O-]. The van der Waals surface area contributed by atoms with E-state index in [1.165, 1.54) is 6.33 Å². The molecular formula is C26H26Cl2N6O2. The lowest BCUT2D eigenvalue weighted by Crippen LogP contribution is -2.40. The number of anilines is 3. The van der Waals surface area contributed by atoms with Crippen molar-refractivity contribution in [1.82, 2.24) is 9.97 Å². The molecule has 0 amide bonds. The number of rotatable bonds is 7. The van der Waals surface area contributed by atoms with Crippen LogP contribution in [0.2, 0.25) is 10.0 Å². The number of hydrogen-bond donors (Lipinski definition) is 1. The Hall–Kier alpha value is -3.41. The van der Waals surface area contributed by atoms with E-state index in [1.807, 2.05) is 17.9 Å². The van der Waals surface area contributed by atoms with E-state index in [9.17, 15) is 15.4 Å². The highest BCUT2D eigenvalue weighted by atomic mass is 35.5. The van der Waals surface area contributed by atoms with Gasteiger partial charge in [-0.15, -0.1) is 0 Å². The Morgan fingerprint density at radius 3 is 2.67 bits per heavy atom. The molecule has 1 N–H and O–H groups in total. The molecule has 0 saturated carbocycles. The molecule has 10 heteroatoms. The highest BCUT2D eigenvalue weighted by Gasteiger charge is 2.32. The summed E-state index contributed by atoms with van der Waals surface area (Å²) < 4.78 is 0. The van der Waals surface area contributed by atoms with Gasteiger partial charge in [0.2, 0.25) is 11.6 Å². The summed E-state index contributed by atoms with van der Waals surface area (Å²) in [5.74, 6) is -0.156. The van der Waals surface area contributed by atoms with Crippen LogP contribution in [0.5, 0.6) is 0 Å². The number of nitro groups is 1. The zero-order valence-electron chi connectivity index (χ0n) is 20.0. The second kappa shape index (κ2) is 11.1. The van der Waals surface area contributed by atoms with Crippen molar-refractivity contribution >= 4 is 46.2 Å². The second-order valence-electron chi connectivity index (χ2n) is 8.83. The van der Waals surface area contributed by atoms with Crippen LogP contribution in [-0.2, 0) is 0 Å². The summed E-state index contributed by atoms with van der Waals surface area (Å²) in [6.45, 7) is 4.65. The summed E-state index contributed by atoms with van der Waals surface area (Å²) in [5.41, 5.74) is 2.58. The molecule has 1 aliphatic heterocycles. The van der Waals surface area contributed by atoms with Gasteiger partial charge in [-0.2, -0.15) is 5.26 Å². The zero-order chi connectivity index (χ0) is 25.8. The lowest BCUT2D eigenvalue weighted by molar-refractivity contribution is -0.383. The van der Waals surface area contributed by atoms with E-state index < -0.39 is 10.8 Å². The van der Waals surface area contributed by atoms with Crippen LogP contribution in [0.4, 0.5) is 23.0 Å². The minimum absolute atomic E-state index is 0.104. The number of nitriles is 1. The fourth-order valence-corrected chi connectivity index (χ4v) is 5.11. The summed E-state index contributed by atoms with van der Waals surface area (Å²) in [4.78, 5) is 22.3. The van der Waals surface area contributed by atoms with Gasteiger partial charge < -0.3 is 10.2 Å². The second-order valence-corrected chi connectivity index (χ2v) is 9.67. The van der Waals surface area contributed by atoms with E-state index in [-0.39, 0.29) is 17.5 Å². The molecule has 0 aliphatic carbocycles. The Labute approximate surface area is 220 Å². The first-order valence-corrected chi connectivity index (χ1v) is 12.6. The molecular weight excluding hydrogens is 499 g/mol. The predicted molar refractivity (Wildman–Crippen MR) is 142 cm³/mol. The molecule has 2 atom stereocenters. The van der Waals surface area contributed by atoms with E-state index in [1.54, 1.807) is 30.3 Å². The molecule has 0 spiro atoms. The molecule has 1 fully saturated rings. The van der Waals surface area contributed by atoms with Gasteiger partial charge in [0.15, 0.2) is 0 Å². The van der Waals surface area contributed by atoms with Gasteiger partial charge in [-0.1, -0.05) is 48.3 Å². The van der Waals surface area contributed by atoms with Crippen LogP contribution in [0.15, 0.2) is 42.7 Å². The molecule has 2 heterocycles. The number of nitrogens with zero attached hydrogens (tertiary/aromatic N) is 5. The van der Waals surface area contributed by atoms with Gasteiger partial charge in [-0.3, -0.25) is 10.1 Å². The number of aromatic nitrogens is 2. The Morgan fingerprint density at radius 2 is 2.00 bits per heavy atom. The van der Waals surface area contributed by atoms with Crippen LogP contribution in [0.25, 0.3) is 0 Å². The van der Waals surface area contributed by atoms with Crippen molar-refractivity contribution in [2.45, 2.75) is 51.5 Å². The molecule has 3 aromatic rings. The average molecular weight is 525 g/mol. The van der Waals surface area contributed by atoms with Crippen LogP contribution in [0.1, 0.15) is 55.2 Å². The lowest BCUT2D eigenvalue weighted by Gasteiger charge is -2.35. The monoisotopic (exact) mass is 524 g/mol. The van der Waals surface area contributed by atoms with Crippen molar-refractivity contribution < 1.29 is 4.92 Å². The first-order chi connectivity index (χ1) is 17.3. The Bertz CT molecular complexity index is 1310. The Balaban J connectivity index is 1.70. The Kier molecular flexibility index (Phi) is 7.92. The van der Waals surface area contributed by atoms with Crippen LogP contribution in [-0.4, -0.2) is 27.5 Å². The molecule has 2 unspecified atom stereocenters. The number of benzene rings is 2. The number of piperidine rings is 1. The van der Waals surface area contributed by atoms with Crippen LogP contribution in [0.3, 0.4) is 0 Å². The number of aryl methyl sites for hydroxylation is 1. The van der Waals surface area contributed by atoms with Gasteiger partial charge in [-0.05, 0) is 67.5 Å². The Morgan fingerprint density at radius 1 is 1.25 bits per heavy atom. The third-order valence-electron chi connectivity index (χ3n) is 6.60. The maximum atomic E-state index is 12.2. The van der Waals surface area contributed by atoms with Crippen LogP contribution >= 0.6 is 23.2 Å². The topological polar surface area (TPSA) is 108 Å². The van der Waals surface area contributed by atoms with E-state index in [0.717, 1.165) is 43.4 Å². The van der Waals surface area contributed by atoms with Crippen molar-refractivity contribution in [2.75, 3.05) is 16.8 Å². The quantitative estimate of drug-likeness (QED) is 0.257. The largest absolute Gasteiger partial charge is 0.353 e. The van der Waals surface area contributed by atoms with Crippen molar-refractivity contribution in [1.29, 1.82) is 5.26 Å². The molecule has 0 radical (unpaired) electrons. The minimum atomic E-state index is -0.590. The van der Waals surface area contributed by atoms with E-state index >= 15 is 0 Å². The molecule has 0 bridgehead atoms. The molecule has 1 aromatic heterocycles. The summed E-state index contributed by atoms with van der Waals surface area (Å²) in [6, 6.07) is 13.1. The normalized spacial score (nSPS) is 16.3. The van der Waals surface area contributed by atoms with Gasteiger partial charge >= 0.3 is 5.69 Å². The average Bonchev–Trinajstić information content (AvgIpc) is 2.88. The molecule has 1 aliphatic rings. The van der Waals surface area contributed by atoms with Crippen LogP contribution < -0.4 is 10.2 Å². The maximum absolute atomic E-state index is 12.2. The smallest absolute Gasteiger partial charge is 0.348 e. The fraction of sp³-hybridized carbons (Fsp3) is 0.346. The van der Waals surface area contributed by atoms with Crippen molar-refractivity contribution in [2.24, 2.45) is 0 Å². The summed E-state index contributed by atoms with van der Waals surface area (Å²) in [5, 5.41) is 26.1. The van der Waals surface area contributed by atoms with Crippen molar-refractivity contribution in [3.05, 3.63) is 79.6 Å². The standard InChI is InChI=1S/C26H26Cl2N6O2/c1-3-19-6-4-5-11-33(19)26-24(34(35)36)25(30-15-31-26)32-23-13-22(28)20(12-16(23)2)21(14-29)17-7-9-18(27)10-8-17/h7-10,12-13,15,19,21H,3-6,11H2,1-2H3,(H,30,31,32). The molecule has 8 nitrogen and oxygen atoms in total. The molecule has 36 heavy (non-hydrogen) atoms. The molecule has 1 saturated heterocycles. The molecule has 186 valence electrons. The number of nitrogens with one attached hydrogen (secondary N) is 1.